The average molecular weight is 645 g/mol. The summed E-state index contributed by atoms with van der Waals surface area (Å²) in [6.07, 6.45) is 0. The number of hydrogen-bond acceptors (Lipinski definition) is 4. The van der Waals surface area contributed by atoms with Crippen molar-refractivity contribution in [1.82, 2.24) is 10.2 Å². The number of benzene rings is 3. The smallest absolute Gasteiger partial charge is 0.264 e. The molecule has 0 bridgehead atoms. The average Bonchev–Trinajstić information content (AvgIpc) is 2.89. The van der Waals surface area contributed by atoms with Crippen LogP contribution in [0.5, 0.6) is 0 Å². The number of anilines is 1. The Morgan fingerprint density at radius 3 is 2.05 bits per heavy atom. The predicted octanol–water partition coefficient (Wildman–Crippen LogP) is 6.69. The van der Waals surface area contributed by atoms with E-state index in [-0.39, 0.29) is 33.1 Å². The molecule has 0 aromatic heterocycles. The van der Waals surface area contributed by atoms with E-state index in [4.69, 9.17) is 46.4 Å². The molecule has 0 aliphatic rings. The Morgan fingerprint density at radius 2 is 1.48 bits per heavy atom. The standard InChI is InChI=1S/C28H29Cl4N3O4S/c1-18(2)15-33-28(37)19(3)34(16-20-9-10-21(29)14-26(20)32)27(36)17-35(24-12-22(30)11-23(31)13-24)40(38,39)25-7-5-4-6-8-25/h4-14,18-19H,15-17H2,1-3H3,(H,33,37). The molecule has 0 radical (unpaired) electrons. The molecule has 0 heterocycles. The third kappa shape index (κ3) is 8.27. The molecular weight excluding hydrogens is 616 g/mol. The first kappa shape index (κ1) is 32.0. The summed E-state index contributed by atoms with van der Waals surface area (Å²) in [5.41, 5.74) is 0.627. The van der Waals surface area contributed by atoms with E-state index in [0.717, 1.165) is 4.31 Å². The van der Waals surface area contributed by atoms with E-state index in [1.807, 2.05) is 13.8 Å². The minimum atomic E-state index is -4.25. The van der Waals surface area contributed by atoms with E-state index >= 15 is 0 Å². The van der Waals surface area contributed by atoms with Crippen LogP contribution in [0.25, 0.3) is 0 Å². The van der Waals surface area contributed by atoms with Crippen LogP contribution in [-0.2, 0) is 26.2 Å². The third-order valence-corrected chi connectivity index (χ3v) is 8.76. The zero-order chi connectivity index (χ0) is 29.6. The molecule has 0 saturated heterocycles. The number of nitrogens with one attached hydrogen (secondary N) is 1. The fraction of sp³-hybridized carbons (Fsp3) is 0.286. The lowest BCUT2D eigenvalue weighted by Gasteiger charge is -2.32. The second-order valence-electron chi connectivity index (χ2n) is 9.52. The number of carbonyl (C=O) groups is 2. The minimum Gasteiger partial charge on any atom is -0.354 e. The van der Waals surface area contributed by atoms with Crippen molar-refractivity contribution in [3.63, 3.8) is 0 Å². The van der Waals surface area contributed by atoms with Crippen molar-refractivity contribution in [2.45, 2.75) is 38.3 Å². The molecular formula is C28H29Cl4N3O4S. The highest BCUT2D eigenvalue weighted by Crippen LogP contribution is 2.30. The Bertz CT molecular complexity index is 1450. The normalized spacial score (nSPS) is 12.2. The van der Waals surface area contributed by atoms with Crippen LogP contribution >= 0.6 is 46.4 Å². The summed E-state index contributed by atoms with van der Waals surface area (Å²) >= 11 is 24.8. The van der Waals surface area contributed by atoms with Gasteiger partial charge in [-0.2, -0.15) is 0 Å². The van der Waals surface area contributed by atoms with Crippen molar-refractivity contribution >= 4 is 73.9 Å². The molecule has 0 aliphatic carbocycles. The largest absolute Gasteiger partial charge is 0.354 e. The van der Waals surface area contributed by atoms with Crippen LogP contribution in [0.15, 0.2) is 71.6 Å². The molecule has 1 N–H and O–H groups in total. The van der Waals surface area contributed by atoms with Crippen molar-refractivity contribution in [1.29, 1.82) is 0 Å². The lowest BCUT2D eigenvalue weighted by atomic mass is 10.1. The van der Waals surface area contributed by atoms with Crippen molar-refractivity contribution in [3.8, 4) is 0 Å². The van der Waals surface area contributed by atoms with E-state index < -0.39 is 34.4 Å². The molecule has 1 atom stereocenters. The lowest BCUT2D eigenvalue weighted by Crippen LogP contribution is -2.51. The molecule has 3 aromatic rings. The fourth-order valence-corrected chi connectivity index (χ4v) is 6.20. The molecule has 7 nitrogen and oxygen atoms in total. The molecule has 214 valence electrons. The van der Waals surface area contributed by atoms with Gasteiger partial charge in [-0.3, -0.25) is 13.9 Å². The molecule has 40 heavy (non-hydrogen) atoms. The SMILES string of the molecule is CC(C)CNC(=O)C(C)N(Cc1ccc(Cl)cc1Cl)C(=O)CN(c1cc(Cl)cc(Cl)c1)S(=O)(=O)c1ccccc1. The molecule has 2 amide bonds. The Hall–Kier alpha value is -2.49. The van der Waals surface area contributed by atoms with Gasteiger partial charge in [0.25, 0.3) is 10.0 Å². The van der Waals surface area contributed by atoms with Crippen molar-refractivity contribution in [2.75, 3.05) is 17.4 Å². The quantitative estimate of drug-likeness (QED) is 0.252. The Morgan fingerprint density at radius 1 is 0.850 bits per heavy atom. The van der Waals surface area contributed by atoms with Gasteiger partial charge in [0.1, 0.15) is 12.6 Å². The first-order chi connectivity index (χ1) is 18.8. The number of nitrogens with zero attached hydrogens (tertiary/aromatic N) is 2. The topological polar surface area (TPSA) is 86.8 Å². The number of halogens is 4. The van der Waals surface area contributed by atoms with Crippen LogP contribution in [0.1, 0.15) is 26.3 Å². The molecule has 0 spiro atoms. The second kappa shape index (κ2) is 13.9. The molecule has 0 saturated carbocycles. The van der Waals surface area contributed by atoms with Crippen LogP contribution in [0.4, 0.5) is 5.69 Å². The first-order valence-electron chi connectivity index (χ1n) is 12.3. The van der Waals surface area contributed by atoms with Crippen LogP contribution < -0.4 is 9.62 Å². The van der Waals surface area contributed by atoms with Gasteiger partial charge < -0.3 is 10.2 Å². The van der Waals surface area contributed by atoms with Crippen molar-refractivity contribution < 1.29 is 18.0 Å². The second-order valence-corrected chi connectivity index (χ2v) is 13.1. The van der Waals surface area contributed by atoms with Gasteiger partial charge in [0.15, 0.2) is 0 Å². The van der Waals surface area contributed by atoms with Crippen molar-refractivity contribution in [2.24, 2.45) is 5.92 Å². The van der Waals surface area contributed by atoms with Crippen LogP contribution in [-0.4, -0.2) is 44.3 Å². The number of carbonyl (C=O) groups excluding carboxylic acids is 2. The summed E-state index contributed by atoms with van der Waals surface area (Å²) in [5.74, 6) is -0.852. The lowest BCUT2D eigenvalue weighted by molar-refractivity contribution is -0.139. The Labute approximate surface area is 255 Å². The van der Waals surface area contributed by atoms with Crippen LogP contribution in [0, 0.1) is 5.92 Å². The molecule has 12 heteroatoms. The number of rotatable bonds is 11. The molecule has 0 aliphatic heterocycles. The summed E-state index contributed by atoms with van der Waals surface area (Å²) in [5, 5.41) is 3.92. The van der Waals surface area contributed by atoms with E-state index in [2.05, 4.69) is 5.32 Å². The van der Waals surface area contributed by atoms with Gasteiger partial charge in [0.2, 0.25) is 11.8 Å². The number of amides is 2. The fourth-order valence-electron chi connectivity index (χ4n) is 3.80. The number of sulfonamides is 1. The molecule has 3 aromatic carbocycles. The zero-order valence-corrected chi connectivity index (χ0v) is 25.9. The van der Waals surface area contributed by atoms with E-state index in [1.54, 1.807) is 37.3 Å². The molecule has 0 fully saturated rings. The Balaban J connectivity index is 2.06. The van der Waals surface area contributed by atoms with Gasteiger partial charge in [-0.25, -0.2) is 8.42 Å². The highest BCUT2D eigenvalue weighted by Gasteiger charge is 2.33. The summed E-state index contributed by atoms with van der Waals surface area (Å²) in [4.78, 5) is 28.3. The number of hydrogen-bond donors (Lipinski definition) is 1. The summed E-state index contributed by atoms with van der Waals surface area (Å²) in [6, 6.07) is 15.8. The van der Waals surface area contributed by atoms with Crippen LogP contribution in [0.3, 0.4) is 0 Å². The monoisotopic (exact) mass is 643 g/mol. The minimum absolute atomic E-state index is 0.0334. The van der Waals surface area contributed by atoms with Crippen molar-refractivity contribution in [3.05, 3.63) is 92.4 Å². The maximum atomic E-state index is 13.9. The van der Waals surface area contributed by atoms with E-state index in [9.17, 15) is 18.0 Å². The third-order valence-electron chi connectivity index (χ3n) is 5.95. The van der Waals surface area contributed by atoms with Gasteiger partial charge in [0.05, 0.1) is 10.6 Å². The first-order valence-corrected chi connectivity index (χ1v) is 15.3. The van der Waals surface area contributed by atoms with E-state index in [1.165, 1.54) is 41.3 Å². The van der Waals surface area contributed by atoms with Crippen LogP contribution in [0.2, 0.25) is 20.1 Å². The highest BCUT2D eigenvalue weighted by molar-refractivity contribution is 7.92. The molecule has 1 unspecified atom stereocenters. The maximum Gasteiger partial charge on any atom is 0.264 e. The Kier molecular flexibility index (Phi) is 11.1. The van der Waals surface area contributed by atoms with Gasteiger partial charge in [-0.05, 0) is 60.9 Å². The van der Waals surface area contributed by atoms with Gasteiger partial charge in [0, 0.05) is 33.2 Å². The predicted molar refractivity (Wildman–Crippen MR) is 162 cm³/mol. The summed E-state index contributed by atoms with van der Waals surface area (Å²) in [7, 11) is -4.25. The maximum absolute atomic E-state index is 13.9. The van der Waals surface area contributed by atoms with Gasteiger partial charge in [-0.15, -0.1) is 0 Å². The summed E-state index contributed by atoms with van der Waals surface area (Å²) < 4.78 is 28.5. The zero-order valence-electron chi connectivity index (χ0n) is 22.1. The van der Waals surface area contributed by atoms with E-state index in [0.29, 0.717) is 22.2 Å². The highest BCUT2D eigenvalue weighted by atomic mass is 35.5. The summed E-state index contributed by atoms with van der Waals surface area (Å²) in [6.45, 7) is 5.17. The molecule has 3 rings (SSSR count). The van der Waals surface area contributed by atoms with Gasteiger partial charge in [-0.1, -0.05) is 84.5 Å². The van der Waals surface area contributed by atoms with Gasteiger partial charge >= 0.3 is 0 Å².